The SMILES string of the molecule is CCC(=O)OC(C)OC(=O)C1=CN2C(=O)C[C@H]2SC1. The number of rotatable bonds is 4. The summed E-state index contributed by atoms with van der Waals surface area (Å²) in [5.41, 5.74) is 0.411. The number of esters is 2. The van der Waals surface area contributed by atoms with E-state index in [1.54, 1.807) is 6.92 Å². The highest BCUT2D eigenvalue weighted by Crippen LogP contribution is 2.35. The number of hydrogen-bond acceptors (Lipinski definition) is 6. The van der Waals surface area contributed by atoms with Crippen LogP contribution in [0.25, 0.3) is 0 Å². The normalized spacial score (nSPS) is 22.8. The van der Waals surface area contributed by atoms with Crippen LogP contribution in [-0.4, -0.2) is 40.2 Å². The molecule has 2 heterocycles. The maximum atomic E-state index is 11.8. The lowest BCUT2D eigenvalue weighted by Crippen LogP contribution is -2.49. The molecule has 0 N–H and O–H groups in total. The number of amides is 1. The van der Waals surface area contributed by atoms with E-state index in [1.165, 1.54) is 29.8 Å². The maximum absolute atomic E-state index is 11.8. The average molecular weight is 285 g/mol. The fourth-order valence-corrected chi connectivity index (χ4v) is 2.88. The van der Waals surface area contributed by atoms with Gasteiger partial charge in [-0.15, -0.1) is 11.8 Å². The van der Waals surface area contributed by atoms with E-state index in [-0.39, 0.29) is 17.7 Å². The molecule has 0 aromatic heterocycles. The zero-order valence-electron chi connectivity index (χ0n) is 10.8. The molecule has 1 unspecified atom stereocenters. The number of thioether (sulfide) groups is 1. The molecule has 2 aliphatic rings. The Labute approximate surface area is 115 Å². The van der Waals surface area contributed by atoms with Gasteiger partial charge in [0.2, 0.25) is 12.2 Å². The van der Waals surface area contributed by atoms with Gasteiger partial charge in [-0.3, -0.25) is 9.59 Å². The number of nitrogens with zero attached hydrogens (tertiary/aromatic N) is 1. The van der Waals surface area contributed by atoms with Crippen LogP contribution in [0.1, 0.15) is 26.7 Å². The smallest absolute Gasteiger partial charge is 0.339 e. The van der Waals surface area contributed by atoms with Gasteiger partial charge in [0.25, 0.3) is 0 Å². The van der Waals surface area contributed by atoms with Crippen LogP contribution in [0.5, 0.6) is 0 Å². The molecular weight excluding hydrogens is 270 g/mol. The Bertz CT molecular complexity index is 447. The van der Waals surface area contributed by atoms with Crippen molar-refractivity contribution in [3.05, 3.63) is 11.8 Å². The fraction of sp³-hybridized carbons (Fsp3) is 0.583. The van der Waals surface area contributed by atoms with Gasteiger partial charge in [-0.2, -0.15) is 0 Å². The Hall–Kier alpha value is -1.50. The summed E-state index contributed by atoms with van der Waals surface area (Å²) >= 11 is 1.53. The Morgan fingerprint density at radius 3 is 2.89 bits per heavy atom. The first-order valence-electron chi connectivity index (χ1n) is 6.05. The highest BCUT2D eigenvalue weighted by molar-refractivity contribution is 8.00. The molecule has 0 bridgehead atoms. The first-order valence-corrected chi connectivity index (χ1v) is 7.10. The number of hydrogen-bond donors (Lipinski definition) is 0. The molecule has 104 valence electrons. The van der Waals surface area contributed by atoms with Crippen LogP contribution >= 0.6 is 11.8 Å². The van der Waals surface area contributed by atoms with Gasteiger partial charge >= 0.3 is 11.9 Å². The van der Waals surface area contributed by atoms with Gasteiger partial charge in [0.05, 0.1) is 17.4 Å². The van der Waals surface area contributed by atoms with Crippen molar-refractivity contribution in [2.75, 3.05) is 5.75 Å². The zero-order chi connectivity index (χ0) is 14.0. The molecule has 0 spiro atoms. The number of carbonyl (C=O) groups is 3. The van der Waals surface area contributed by atoms with Crippen molar-refractivity contribution in [2.24, 2.45) is 0 Å². The van der Waals surface area contributed by atoms with E-state index in [1.807, 2.05) is 0 Å². The van der Waals surface area contributed by atoms with Gasteiger partial charge in [-0.25, -0.2) is 4.79 Å². The fourth-order valence-electron chi connectivity index (χ4n) is 1.72. The summed E-state index contributed by atoms with van der Waals surface area (Å²) in [5, 5.41) is 0.152. The minimum absolute atomic E-state index is 0.00737. The van der Waals surface area contributed by atoms with Crippen LogP contribution < -0.4 is 0 Å². The topological polar surface area (TPSA) is 72.9 Å². The van der Waals surface area contributed by atoms with E-state index in [0.29, 0.717) is 17.7 Å². The summed E-state index contributed by atoms with van der Waals surface area (Å²) in [6, 6.07) is 0. The first-order chi connectivity index (χ1) is 9.01. The molecule has 1 saturated heterocycles. The maximum Gasteiger partial charge on any atom is 0.339 e. The van der Waals surface area contributed by atoms with Crippen molar-refractivity contribution in [1.82, 2.24) is 4.90 Å². The zero-order valence-corrected chi connectivity index (χ0v) is 11.6. The largest absolute Gasteiger partial charge is 0.425 e. The number of carbonyl (C=O) groups excluding carboxylic acids is 3. The Morgan fingerprint density at radius 1 is 1.53 bits per heavy atom. The van der Waals surface area contributed by atoms with Gasteiger partial charge in [-0.05, 0) is 0 Å². The third-order valence-corrected chi connectivity index (χ3v) is 4.05. The highest BCUT2D eigenvalue weighted by atomic mass is 32.2. The molecule has 0 aromatic carbocycles. The van der Waals surface area contributed by atoms with Crippen LogP contribution in [0.3, 0.4) is 0 Å². The Balaban J connectivity index is 1.89. The third kappa shape index (κ3) is 3.09. The molecule has 0 saturated carbocycles. The predicted octanol–water partition coefficient (Wildman–Crippen LogP) is 1.02. The molecule has 2 aliphatic heterocycles. The molecule has 6 nitrogen and oxygen atoms in total. The lowest BCUT2D eigenvalue weighted by Gasteiger charge is -2.40. The molecule has 1 fully saturated rings. The van der Waals surface area contributed by atoms with Crippen molar-refractivity contribution in [3.63, 3.8) is 0 Å². The van der Waals surface area contributed by atoms with Crippen molar-refractivity contribution in [1.29, 1.82) is 0 Å². The van der Waals surface area contributed by atoms with Crippen molar-refractivity contribution in [3.8, 4) is 0 Å². The van der Waals surface area contributed by atoms with E-state index in [9.17, 15) is 14.4 Å². The molecule has 19 heavy (non-hydrogen) atoms. The molecular formula is C12H15NO5S. The van der Waals surface area contributed by atoms with Crippen LogP contribution in [-0.2, 0) is 23.9 Å². The number of fused-ring (bicyclic) bond motifs is 1. The lowest BCUT2D eigenvalue weighted by atomic mass is 10.2. The van der Waals surface area contributed by atoms with Crippen LogP contribution in [0.2, 0.25) is 0 Å². The second-order valence-electron chi connectivity index (χ2n) is 4.24. The minimum Gasteiger partial charge on any atom is -0.425 e. The molecule has 0 radical (unpaired) electrons. The first kappa shape index (κ1) is 13.9. The lowest BCUT2D eigenvalue weighted by molar-refractivity contribution is -0.181. The molecule has 0 aliphatic carbocycles. The molecule has 2 atom stereocenters. The third-order valence-electron chi connectivity index (χ3n) is 2.79. The van der Waals surface area contributed by atoms with E-state index < -0.39 is 18.2 Å². The van der Waals surface area contributed by atoms with Gasteiger partial charge in [0.1, 0.15) is 0 Å². The molecule has 2 rings (SSSR count). The van der Waals surface area contributed by atoms with E-state index in [2.05, 4.69) is 0 Å². The van der Waals surface area contributed by atoms with Gasteiger partial charge in [0, 0.05) is 25.3 Å². The second kappa shape index (κ2) is 5.64. The quantitative estimate of drug-likeness (QED) is 0.436. The van der Waals surface area contributed by atoms with Gasteiger partial charge in [-0.1, -0.05) is 6.92 Å². The van der Waals surface area contributed by atoms with Crippen molar-refractivity contribution in [2.45, 2.75) is 38.4 Å². The summed E-state index contributed by atoms with van der Waals surface area (Å²) in [6.45, 7) is 3.15. The standard InChI is InChI=1S/C12H15NO5S/c1-3-11(15)17-7(2)18-12(16)8-5-13-9(14)4-10(13)19-6-8/h5,7,10H,3-4,6H2,1-2H3/t7?,10-/m1/s1. The summed E-state index contributed by atoms with van der Waals surface area (Å²) in [5.74, 6) is -0.470. The molecule has 7 heteroatoms. The van der Waals surface area contributed by atoms with Gasteiger partial charge in [0.15, 0.2) is 0 Å². The molecule has 0 aromatic rings. The number of β-lactam (4-membered cyclic amide) rings is 1. The van der Waals surface area contributed by atoms with Crippen LogP contribution in [0, 0.1) is 0 Å². The van der Waals surface area contributed by atoms with E-state index in [0.717, 1.165) is 0 Å². The Morgan fingerprint density at radius 2 is 2.26 bits per heavy atom. The molecule has 1 amide bonds. The monoisotopic (exact) mass is 285 g/mol. The van der Waals surface area contributed by atoms with Gasteiger partial charge < -0.3 is 14.4 Å². The highest BCUT2D eigenvalue weighted by Gasteiger charge is 2.39. The minimum atomic E-state index is -0.921. The predicted molar refractivity (Wildman–Crippen MR) is 67.7 cm³/mol. The second-order valence-corrected chi connectivity index (χ2v) is 5.41. The van der Waals surface area contributed by atoms with Crippen molar-refractivity contribution >= 4 is 29.6 Å². The Kier molecular flexibility index (Phi) is 4.14. The summed E-state index contributed by atoms with van der Waals surface area (Å²) in [7, 11) is 0. The van der Waals surface area contributed by atoms with Crippen LogP contribution in [0.15, 0.2) is 11.8 Å². The van der Waals surface area contributed by atoms with E-state index >= 15 is 0 Å². The van der Waals surface area contributed by atoms with E-state index in [4.69, 9.17) is 9.47 Å². The van der Waals surface area contributed by atoms with Crippen molar-refractivity contribution < 1.29 is 23.9 Å². The number of ether oxygens (including phenoxy) is 2. The summed E-state index contributed by atoms with van der Waals surface area (Å²) in [6.07, 6.45) is 1.36. The summed E-state index contributed by atoms with van der Waals surface area (Å²) in [4.78, 5) is 35.7. The average Bonchev–Trinajstić information content (AvgIpc) is 2.37. The van der Waals surface area contributed by atoms with Crippen LogP contribution in [0.4, 0.5) is 0 Å². The summed E-state index contributed by atoms with van der Waals surface area (Å²) < 4.78 is 9.85.